The van der Waals surface area contributed by atoms with Crippen LogP contribution in [0.2, 0.25) is 0 Å². The van der Waals surface area contributed by atoms with E-state index in [4.69, 9.17) is 18.9 Å². The van der Waals surface area contributed by atoms with Gasteiger partial charge < -0.3 is 24.3 Å². The van der Waals surface area contributed by atoms with Crippen molar-refractivity contribution in [2.75, 3.05) is 20.0 Å². The largest absolute Gasteiger partial charge is 0.494 e. The first-order valence-corrected chi connectivity index (χ1v) is 8.71. The van der Waals surface area contributed by atoms with E-state index >= 15 is 0 Å². The Morgan fingerprint density at radius 1 is 1.08 bits per heavy atom. The molecule has 0 spiro atoms. The maximum atomic E-state index is 12.5. The van der Waals surface area contributed by atoms with Gasteiger partial charge in [0.2, 0.25) is 6.79 Å². The fourth-order valence-electron chi connectivity index (χ4n) is 2.68. The molecule has 138 valence electrons. The zero-order chi connectivity index (χ0) is 18.4. The summed E-state index contributed by atoms with van der Waals surface area (Å²) < 4.78 is 21.7. The van der Waals surface area contributed by atoms with E-state index in [2.05, 4.69) is 5.32 Å². The summed E-state index contributed by atoms with van der Waals surface area (Å²) in [6, 6.07) is 11.0. The maximum absolute atomic E-state index is 12.5. The number of fused-ring (bicyclic) bond motifs is 1. The number of ether oxygens (including phenoxy) is 4. The standard InChI is InChI=1S/C20H23NO5/c1-3-23-12-16-10-15(6-8-17(16)24-4-2)20(22)21-11-14-5-7-18-19(9-14)26-13-25-18/h5-10H,3-4,11-13H2,1-2H3,(H,21,22). The van der Waals surface area contributed by atoms with Gasteiger partial charge in [0.15, 0.2) is 11.5 Å². The number of amides is 1. The summed E-state index contributed by atoms with van der Waals surface area (Å²) >= 11 is 0. The second kappa shape index (κ2) is 8.58. The molecule has 26 heavy (non-hydrogen) atoms. The van der Waals surface area contributed by atoms with Gasteiger partial charge in [-0.25, -0.2) is 0 Å². The number of carbonyl (C=O) groups is 1. The Balaban J connectivity index is 1.66. The smallest absolute Gasteiger partial charge is 0.251 e. The van der Waals surface area contributed by atoms with Crippen LogP contribution in [-0.4, -0.2) is 25.9 Å². The SMILES string of the molecule is CCOCc1cc(C(=O)NCc2ccc3c(c2)OCO3)ccc1OCC. The van der Waals surface area contributed by atoms with Gasteiger partial charge in [-0.15, -0.1) is 0 Å². The lowest BCUT2D eigenvalue weighted by atomic mass is 10.1. The molecule has 2 aromatic rings. The Bertz CT molecular complexity index is 775. The molecule has 0 radical (unpaired) electrons. The van der Waals surface area contributed by atoms with Gasteiger partial charge in [-0.05, 0) is 49.7 Å². The predicted octanol–water partition coefficient (Wildman–Crippen LogP) is 3.28. The summed E-state index contributed by atoms with van der Waals surface area (Å²) in [5.74, 6) is 2.03. The third kappa shape index (κ3) is 4.26. The van der Waals surface area contributed by atoms with Crippen LogP contribution in [0.3, 0.4) is 0 Å². The molecule has 0 saturated carbocycles. The number of carbonyl (C=O) groups excluding carboxylic acids is 1. The number of hydrogen-bond donors (Lipinski definition) is 1. The molecule has 1 heterocycles. The molecule has 2 aromatic carbocycles. The first kappa shape index (κ1) is 18.1. The zero-order valence-electron chi connectivity index (χ0n) is 15.0. The van der Waals surface area contributed by atoms with E-state index in [1.54, 1.807) is 6.07 Å². The Kier molecular flexibility index (Phi) is 5.96. The molecular formula is C20H23NO5. The molecule has 0 bridgehead atoms. The van der Waals surface area contributed by atoms with Crippen LogP contribution in [0.15, 0.2) is 36.4 Å². The summed E-state index contributed by atoms with van der Waals surface area (Å²) in [5, 5.41) is 2.92. The second-order valence-electron chi connectivity index (χ2n) is 5.76. The van der Waals surface area contributed by atoms with Crippen LogP contribution < -0.4 is 19.5 Å². The minimum atomic E-state index is -0.150. The molecule has 0 fully saturated rings. The van der Waals surface area contributed by atoms with Crippen molar-refractivity contribution >= 4 is 5.91 Å². The van der Waals surface area contributed by atoms with Crippen LogP contribution in [0.25, 0.3) is 0 Å². The van der Waals surface area contributed by atoms with Gasteiger partial charge in [-0.3, -0.25) is 4.79 Å². The average Bonchev–Trinajstić information content (AvgIpc) is 3.13. The van der Waals surface area contributed by atoms with Crippen LogP contribution in [0.5, 0.6) is 17.2 Å². The summed E-state index contributed by atoms with van der Waals surface area (Å²) in [7, 11) is 0. The summed E-state index contributed by atoms with van der Waals surface area (Å²) in [4.78, 5) is 12.5. The van der Waals surface area contributed by atoms with Crippen molar-refractivity contribution in [1.82, 2.24) is 5.32 Å². The molecule has 0 aromatic heterocycles. The molecule has 1 N–H and O–H groups in total. The number of hydrogen-bond acceptors (Lipinski definition) is 5. The molecule has 0 saturated heterocycles. The van der Waals surface area contributed by atoms with Crippen molar-refractivity contribution in [2.24, 2.45) is 0 Å². The van der Waals surface area contributed by atoms with Crippen LogP contribution in [0.1, 0.15) is 35.3 Å². The monoisotopic (exact) mass is 357 g/mol. The quantitative estimate of drug-likeness (QED) is 0.785. The van der Waals surface area contributed by atoms with Gasteiger partial charge >= 0.3 is 0 Å². The van der Waals surface area contributed by atoms with Crippen molar-refractivity contribution in [3.63, 3.8) is 0 Å². The summed E-state index contributed by atoms with van der Waals surface area (Å²) in [6.07, 6.45) is 0. The van der Waals surface area contributed by atoms with E-state index in [0.29, 0.717) is 37.7 Å². The van der Waals surface area contributed by atoms with Gasteiger partial charge in [0.1, 0.15) is 5.75 Å². The highest BCUT2D eigenvalue weighted by Gasteiger charge is 2.14. The third-order valence-electron chi connectivity index (χ3n) is 3.97. The summed E-state index contributed by atoms with van der Waals surface area (Å²) in [6.45, 7) is 6.08. The van der Waals surface area contributed by atoms with E-state index < -0.39 is 0 Å². The maximum Gasteiger partial charge on any atom is 0.251 e. The van der Waals surface area contributed by atoms with E-state index in [1.807, 2.05) is 44.2 Å². The fraction of sp³-hybridized carbons (Fsp3) is 0.350. The Morgan fingerprint density at radius 3 is 2.73 bits per heavy atom. The number of benzene rings is 2. The van der Waals surface area contributed by atoms with Crippen molar-refractivity contribution in [3.05, 3.63) is 53.1 Å². The minimum absolute atomic E-state index is 0.150. The molecule has 0 unspecified atom stereocenters. The first-order chi connectivity index (χ1) is 12.7. The van der Waals surface area contributed by atoms with Gasteiger partial charge in [-0.2, -0.15) is 0 Å². The molecule has 1 aliphatic heterocycles. The second-order valence-corrected chi connectivity index (χ2v) is 5.76. The average molecular weight is 357 g/mol. The molecule has 1 amide bonds. The van der Waals surface area contributed by atoms with E-state index in [1.165, 1.54) is 0 Å². The van der Waals surface area contributed by atoms with Gasteiger partial charge in [0.25, 0.3) is 5.91 Å². The molecule has 1 aliphatic rings. The zero-order valence-corrected chi connectivity index (χ0v) is 15.0. The van der Waals surface area contributed by atoms with Crippen molar-refractivity contribution in [3.8, 4) is 17.2 Å². The topological polar surface area (TPSA) is 66.0 Å². The highest BCUT2D eigenvalue weighted by molar-refractivity contribution is 5.94. The molecule has 3 rings (SSSR count). The van der Waals surface area contributed by atoms with Gasteiger partial charge in [0.05, 0.1) is 13.2 Å². The Hall–Kier alpha value is -2.73. The van der Waals surface area contributed by atoms with Crippen LogP contribution in [0, 0.1) is 0 Å². The van der Waals surface area contributed by atoms with E-state index in [-0.39, 0.29) is 12.7 Å². The normalized spacial score (nSPS) is 12.1. The molecule has 0 aliphatic carbocycles. The summed E-state index contributed by atoms with van der Waals surface area (Å²) in [5.41, 5.74) is 2.39. The van der Waals surface area contributed by atoms with Crippen LogP contribution in [0.4, 0.5) is 0 Å². The van der Waals surface area contributed by atoms with Crippen LogP contribution >= 0.6 is 0 Å². The lowest BCUT2D eigenvalue weighted by molar-refractivity contribution is 0.0950. The molecule has 6 nitrogen and oxygen atoms in total. The van der Waals surface area contributed by atoms with Crippen molar-refractivity contribution in [2.45, 2.75) is 27.0 Å². The highest BCUT2D eigenvalue weighted by Crippen LogP contribution is 2.32. The number of rotatable bonds is 8. The van der Waals surface area contributed by atoms with Gasteiger partial charge in [0, 0.05) is 24.3 Å². The van der Waals surface area contributed by atoms with E-state index in [9.17, 15) is 4.79 Å². The van der Waals surface area contributed by atoms with Gasteiger partial charge in [-0.1, -0.05) is 6.07 Å². The highest BCUT2D eigenvalue weighted by atomic mass is 16.7. The predicted molar refractivity (Wildman–Crippen MR) is 96.7 cm³/mol. The third-order valence-corrected chi connectivity index (χ3v) is 3.97. The lowest BCUT2D eigenvalue weighted by Gasteiger charge is -2.12. The molecular weight excluding hydrogens is 334 g/mol. The molecule has 6 heteroatoms. The fourth-order valence-corrected chi connectivity index (χ4v) is 2.68. The van der Waals surface area contributed by atoms with E-state index in [0.717, 1.165) is 22.6 Å². The first-order valence-electron chi connectivity index (χ1n) is 8.71. The van der Waals surface area contributed by atoms with Crippen molar-refractivity contribution in [1.29, 1.82) is 0 Å². The Labute approximate surface area is 153 Å². The lowest BCUT2D eigenvalue weighted by Crippen LogP contribution is -2.23. The van der Waals surface area contributed by atoms with Crippen molar-refractivity contribution < 1.29 is 23.7 Å². The van der Waals surface area contributed by atoms with Crippen LogP contribution in [-0.2, 0) is 17.9 Å². The minimum Gasteiger partial charge on any atom is -0.494 e. The number of nitrogens with one attached hydrogen (secondary N) is 1. The Morgan fingerprint density at radius 2 is 1.92 bits per heavy atom. The molecule has 0 atom stereocenters.